The minimum atomic E-state index is -0.748. The zero-order valence-electron chi connectivity index (χ0n) is 13.4. The van der Waals surface area contributed by atoms with Crippen molar-refractivity contribution in [2.45, 2.75) is 26.8 Å². The number of halogens is 1. The van der Waals surface area contributed by atoms with Gasteiger partial charge in [0.25, 0.3) is 11.8 Å². The van der Waals surface area contributed by atoms with Crippen molar-refractivity contribution in [3.05, 3.63) is 35.6 Å². The SMILES string of the molecule is CC(C)[C@H](C)NC(=O)COC(=O)CNC(=O)c1cccc(F)c1. The van der Waals surface area contributed by atoms with Gasteiger partial charge in [0.1, 0.15) is 12.4 Å². The van der Waals surface area contributed by atoms with E-state index in [1.54, 1.807) is 0 Å². The summed E-state index contributed by atoms with van der Waals surface area (Å²) >= 11 is 0. The standard InChI is InChI=1S/C16H21FN2O4/c1-10(2)11(3)19-14(20)9-23-15(21)8-18-16(22)12-5-4-6-13(17)7-12/h4-7,10-11H,8-9H2,1-3H3,(H,18,22)(H,19,20)/t11-/m0/s1. The molecule has 1 aromatic rings. The summed E-state index contributed by atoms with van der Waals surface area (Å²) in [5.74, 6) is -2.03. The van der Waals surface area contributed by atoms with Crippen molar-refractivity contribution in [3.8, 4) is 0 Å². The Morgan fingerprint density at radius 3 is 2.52 bits per heavy atom. The van der Waals surface area contributed by atoms with E-state index in [4.69, 9.17) is 4.74 Å². The van der Waals surface area contributed by atoms with Crippen LogP contribution in [0, 0.1) is 11.7 Å². The maximum atomic E-state index is 13.0. The van der Waals surface area contributed by atoms with Crippen molar-refractivity contribution in [2.75, 3.05) is 13.2 Å². The first-order valence-corrected chi connectivity index (χ1v) is 7.28. The van der Waals surface area contributed by atoms with Gasteiger partial charge < -0.3 is 15.4 Å². The van der Waals surface area contributed by atoms with Crippen LogP contribution < -0.4 is 10.6 Å². The molecular formula is C16H21FN2O4. The molecule has 0 heterocycles. The molecule has 0 saturated carbocycles. The van der Waals surface area contributed by atoms with E-state index in [-0.39, 0.29) is 17.5 Å². The van der Waals surface area contributed by atoms with E-state index in [0.29, 0.717) is 0 Å². The molecule has 2 N–H and O–H groups in total. The fraction of sp³-hybridized carbons (Fsp3) is 0.438. The number of carbonyl (C=O) groups is 3. The summed E-state index contributed by atoms with van der Waals surface area (Å²) in [5.41, 5.74) is 0.0984. The molecule has 23 heavy (non-hydrogen) atoms. The smallest absolute Gasteiger partial charge is 0.325 e. The van der Waals surface area contributed by atoms with Crippen LogP contribution in [0.5, 0.6) is 0 Å². The Morgan fingerprint density at radius 2 is 1.91 bits per heavy atom. The highest BCUT2D eigenvalue weighted by molar-refractivity contribution is 5.96. The highest BCUT2D eigenvalue weighted by Gasteiger charge is 2.14. The molecule has 0 spiro atoms. The first kappa shape index (κ1) is 18.6. The monoisotopic (exact) mass is 324 g/mol. The van der Waals surface area contributed by atoms with Gasteiger partial charge in [-0.05, 0) is 31.0 Å². The van der Waals surface area contributed by atoms with Crippen LogP contribution in [0.1, 0.15) is 31.1 Å². The molecule has 7 heteroatoms. The molecule has 2 amide bonds. The van der Waals surface area contributed by atoms with Gasteiger partial charge in [0.05, 0.1) is 0 Å². The summed E-state index contributed by atoms with van der Waals surface area (Å²) in [5, 5.41) is 4.98. The third-order valence-corrected chi connectivity index (χ3v) is 3.23. The third-order valence-electron chi connectivity index (χ3n) is 3.23. The molecule has 0 aliphatic rings. The number of amides is 2. The first-order valence-electron chi connectivity index (χ1n) is 7.28. The summed E-state index contributed by atoms with van der Waals surface area (Å²) in [6.45, 7) is 4.95. The van der Waals surface area contributed by atoms with Crippen molar-refractivity contribution in [1.82, 2.24) is 10.6 Å². The molecule has 1 atom stereocenters. The van der Waals surface area contributed by atoms with Crippen molar-refractivity contribution in [2.24, 2.45) is 5.92 Å². The minimum absolute atomic E-state index is 0.0334. The molecule has 1 aromatic carbocycles. The van der Waals surface area contributed by atoms with Crippen LogP contribution >= 0.6 is 0 Å². The largest absolute Gasteiger partial charge is 0.454 e. The minimum Gasteiger partial charge on any atom is -0.454 e. The van der Waals surface area contributed by atoms with Gasteiger partial charge in [-0.1, -0.05) is 19.9 Å². The highest BCUT2D eigenvalue weighted by Crippen LogP contribution is 2.03. The second-order valence-corrected chi connectivity index (χ2v) is 5.45. The average molecular weight is 324 g/mol. The van der Waals surface area contributed by atoms with E-state index in [2.05, 4.69) is 10.6 Å². The first-order chi connectivity index (χ1) is 10.8. The molecule has 0 fully saturated rings. The van der Waals surface area contributed by atoms with E-state index in [1.165, 1.54) is 18.2 Å². The summed E-state index contributed by atoms with van der Waals surface area (Å²) in [6, 6.07) is 5.05. The van der Waals surface area contributed by atoms with Gasteiger partial charge in [0.2, 0.25) is 0 Å². The number of rotatable bonds is 7. The van der Waals surface area contributed by atoms with Crippen LogP contribution in [0.25, 0.3) is 0 Å². The molecule has 6 nitrogen and oxygen atoms in total. The van der Waals surface area contributed by atoms with Gasteiger partial charge in [0, 0.05) is 11.6 Å². The number of esters is 1. The number of benzene rings is 1. The van der Waals surface area contributed by atoms with E-state index in [0.717, 1.165) is 6.07 Å². The number of carbonyl (C=O) groups excluding carboxylic acids is 3. The lowest BCUT2D eigenvalue weighted by atomic mass is 10.1. The van der Waals surface area contributed by atoms with Gasteiger partial charge in [-0.3, -0.25) is 14.4 Å². The van der Waals surface area contributed by atoms with Gasteiger partial charge in [-0.25, -0.2) is 4.39 Å². The topological polar surface area (TPSA) is 84.5 Å². The lowest BCUT2D eigenvalue weighted by Gasteiger charge is -2.17. The van der Waals surface area contributed by atoms with Crippen LogP contribution in [-0.4, -0.2) is 37.0 Å². The lowest BCUT2D eigenvalue weighted by Crippen LogP contribution is -2.39. The van der Waals surface area contributed by atoms with E-state index in [1.807, 2.05) is 20.8 Å². The van der Waals surface area contributed by atoms with Crippen molar-refractivity contribution in [1.29, 1.82) is 0 Å². The third kappa shape index (κ3) is 6.90. The summed E-state index contributed by atoms with van der Waals surface area (Å²) < 4.78 is 17.7. The molecule has 0 bridgehead atoms. The van der Waals surface area contributed by atoms with Gasteiger partial charge in [-0.2, -0.15) is 0 Å². The average Bonchev–Trinajstić information content (AvgIpc) is 2.50. The number of hydrogen-bond acceptors (Lipinski definition) is 4. The van der Waals surface area contributed by atoms with Crippen LogP contribution in [0.3, 0.4) is 0 Å². The number of nitrogens with one attached hydrogen (secondary N) is 2. The van der Waals surface area contributed by atoms with Crippen molar-refractivity contribution < 1.29 is 23.5 Å². The summed E-state index contributed by atoms with van der Waals surface area (Å²) in [7, 11) is 0. The predicted octanol–water partition coefficient (Wildman–Crippen LogP) is 1.26. The fourth-order valence-electron chi connectivity index (χ4n) is 1.54. The van der Waals surface area contributed by atoms with E-state index >= 15 is 0 Å². The molecule has 126 valence electrons. The molecule has 0 aromatic heterocycles. The second-order valence-electron chi connectivity index (χ2n) is 5.45. The Bertz CT molecular complexity index is 575. The van der Waals surface area contributed by atoms with Gasteiger partial charge in [0.15, 0.2) is 6.61 Å². The molecule has 1 rings (SSSR count). The maximum absolute atomic E-state index is 13.0. The molecule has 0 radical (unpaired) electrons. The highest BCUT2D eigenvalue weighted by atomic mass is 19.1. The number of hydrogen-bond donors (Lipinski definition) is 2. The van der Waals surface area contributed by atoms with Crippen molar-refractivity contribution >= 4 is 17.8 Å². The molecule has 0 aliphatic carbocycles. The van der Waals surface area contributed by atoms with Crippen LogP contribution in [0.2, 0.25) is 0 Å². The predicted molar refractivity (Wildman–Crippen MR) is 82.1 cm³/mol. The quantitative estimate of drug-likeness (QED) is 0.740. The van der Waals surface area contributed by atoms with Gasteiger partial charge in [-0.15, -0.1) is 0 Å². The Balaban J connectivity index is 2.32. The lowest BCUT2D eigenvalue weighted by molar-refractivity contribution is -0.147. The molecule has 0 aliphatic heterocycles. The van der Waals surface area contributed by atoms with Crippen LogP contribution in [0.4, 0.5) is 4.39 Å². The van der Waals surface area contributed by atoms with Crippen LogP contribution in [0.15, 0.2) is 24.3 Å². The molecule has 0 unspecified atom stereocenters. The summed E-state index contributed by atoms with van der Waals surface area (Å²) in [4.78, 5) is 34.7. The Kier molecular flexibility index (Phi) is 7.18. The zero-order valence-corrected chi connectivity index (χ0v) is 13.4. The van der Waals surface area contributed by atoms with Gasteiger partial charge >= 0.3 is 5.97 Å². The van der Waals surface area contributed by atoms with Crippen molar-refractivity contribution in [3.63, 3.8) is 0 Å². The maximum Gasteiger partial charge on any atom is 0.325 e. The number of ether oxygens (including phenoxy) is 1. The Labute approximate surface area is 134 Å². The van der Waals surface area contributed by atoms with Crippen LogP contribution in [-0.2, 0) is 14.3 Å². The Morgan fingerprint density at radius 1 is 1.22 bits per heavy atom. The van der Waals surface area contributed by atoms with E-state index < -0.39 is 36.8 Å². The van der Waals surface area contributed by atoms with E-state index in [9.17, 15) is 18.8 Å². The summed E-state index contributed by atoms with van der Waals surface area (Å²) in [6.07, 6.45) is 0. The fourth-order valence-corrected chi connectivity index (χ4v) is 1.54. The molecule has 0 saturated heterocycles. The molecular weight excluding hydrogens is 303 g/mol. The normalized spacial score (nSPS) is 11.7. The zero-order chi connectivity index (χ0) is 17.4. The Hall–Kier alpha value is -2.44. The second kappa shape index (κ2) is 8.87.